The zero-order valence-electron chi connectivity index (χ0n) is 11.8. The molecule has 0 aliphatic carbocycles. The summed E-state index contributed by atoms with van der Waals surface area (Å²) in [7, 11) is -4.19. The number of benzene rings is 1. The highest BCUT2D eigenvalue weighted by Crippen LogP contribution is 2.40. The molecule has 120 valence electrons. The van der Waals surface area contributed by atoms with Gasteiger partial charge in [0, 0.05) is 12.1 Å². The van der Waals surface area contributed by atoms with Crippen molar-refractivity contribution < 1.29 is 29.0 Å². The van der Waals surface area contributed by atoms with Gasteiger partial charge in [0.25, 0.3) is 5.91 Å². The largest absolute Gasteiger partial charge is 0.480 e. The van der Waals surface area contributed by atoms with E-state index in [9.17, 15) is 19.3 Å². The molecule has 1 saturated heterocycles. The Kier molecular flexibility index (Phi) is 5.01. The Morgan fingerprint density at radius 1 is 1.23 bits per heavy atom. The van der Waals surface area contributed by atoms with Crippen LogP contribution in [0.1, 0.15) is 23.2 Å². The first kappa shape index (κ1) is 16.7. The van der Waals surface area contributed by atoms with E-state index >= 15 is 0 Å². The topological polar surface area (TPSA) is 115 Å². The molecule has 1 amide bonds. The van der Waals surface area contributed by atoms with Gasteiger partial charge in [0.2, 0.25) is 0 Å². The molecule has 8 heteroatoms. The fraction of sp³-hybridized carbons (Fsp3) is 0.429. The maximum absolute atomic E-state index is 12.4. The number of nitrogens with zero attached hydrogens (tertiary/aromatic N) is 1. The third-order valence-electron chi connectivity index (χ3n) is 3.77. The summed E-state index contributed by atoms with van der Waals surface area (Å²) in [4.78, 5) is 43.2. The molecule has 0 spiro atoms. The molecule has 1 fully saturated rings. The number of piperidine rings is 1. The van der Waals surface area contributed by atoms with Gasteiger partial charge in [-0.05, 0) is 30.9 Å². The number of hydrogen-bond donors (Lipinski definition) is 3. The van der Waals surface area contributed by atoms with Gasteiger partial charge in [-0.2, -0.15) is 0 Å². The Labute approximate surface area is 127 Å². The predicted octanol–water partition coefficient (Wildman–Crippen LogP) is 1.17. The van der Waals surface area contributed by atoms with Crippen LogP contribution in [0.15, 0.2) is 30.3 Å². The summed E-state index contributed by atoms with van der Waals surface area (Å²) >= 11 is 0. The summed E-state index contributed by atoms with van der Waals surface area (Å²) in [5.41, 5.74) is 0.405. The van der Waals surface area contributed by atoms with Crippen LogP contribution in [0.2, 0.25) is 0 Å². The van der Waals surface area contributed by atoms with Crippen LogP contribution in [0.5, 0.6) is 0 Å². The number of likely N-dealkylation sites (tertiary alicyclic amines) is 1. The minimum atomic E-state index is -4.19. The maximum atomic E-state index is 12.4. The van der Waals surface area contributed by atoms with Crippen molar-refractivity contribution in [3.05, 3.63) is 35.9 Å². The van der Waals surface area contributed by atoms with Gasteiger partial charge < -0.3 is 19.8 Å². The van der Waals surface area contributed by atoms with E-state index in [0.29, 0.717) is 12.0 Å². The van der Waals surface area contributed by atoms with Crippen molar-refractivity contribution >= 4 is 19.5 Å². The Morgan fingerprint density at radius 3 is 2.41 bits per heavy atom. The number of amides is 1. The van der Waals surface area contributed by atoms with Gasteiger partial charge in [0.1, 0.15) is 6.04 Å². The van der Waals surface area contributed by atoms with E-state index in [1.807, 2.05) is 0 Å². The highest BCUT2D eigenvalue weighted by atomic mass is 31.2. The van der Waals surface area contributed by atoms with Crippen LogP contribution in [-0.4, -0.2) is 50.4 Å². The zero-order chi connectivity index (χ0) is 16.3. The van der Waals surface area contributed by atoms with Gasteiger partial charge >= 0.3 is 13.6 Å². The molecule has 1 aliphatic rings. The first-order valence-electron chi connectivity index (χ1n) is 6.91. The lowest BCUT2D eigenvalue weighted by molar-refractivity contribution is -0.144. The van der Waals surface area contributed by atoms with Crippen LogP contribution in [0.25, 0.3) is 0 Å². The summed E-state index contributed by atoms with van der Waals surface area (Å²) in [5.74, 6) is -1.93. The second-order valence-corrected chi connectivity index (χ2v) is 7.15. The molecule has 7 nitrogen and oxygen atoms in total. The molecular formula is C14H18NO6P. The minimum absolute atomic E-state index is 0.0546. The molecule has 0 saturated carbocycles. The number of carbonyl (C=O) groups is 2. The van der Waals surface area contributed by atoms with Gasteiger partial charge in [-0.3, -0.25) is 9.36 Å². The summed E-state index contributed by atoms with van der Waals surface area (Å²) in [6, 6.07) is 7.33. The molecule has 3 N–H and O–H groups in total. The van der Waals surface area contributed by atoms with Gasteiger partial charge in [0.15, 0.2) is 0 Å². The van der Waals surface area contributed by atoms with Gasteiger partial charge in [-0.15, -0.1) is 0 Å². The Balaban J connectivity index is 2.14. The van der Waals surface area contributed by atoms with E-state index in [0.717, 1.165) is 0 Å². The summed E-state index contributed by atoms with van der Waals surface area (Å²) in [5, 5.41) is 9.33. The smallest absolute Gasteiger partial charge is 0.326 e. The van der Waals surface area contributed by atoms with Crippen molar-refractivity contribution in [1.82, 2.24) is 4.90 Å². The molecule has 0 aromatic heterocycles. The number of hydrogen-bond acceptors (Lipinski definition) is 3. The average Bonchev–Trinajstić information content (AvgIpc) is 2.45. The average molecular weight is 327 g/mol. The minimum Gasteiger partial charge on any atom is -0.480 e. The normalized spacial score (nSPS) is 22.4. The van der Waals surface area contributed by atoms with E-state index in [2.05, 4.69) is 0 Å². The molecule has 2 atom stereocenters. The lowest BCUT2D eigenvalue weighted by Crippen LogP contribution is -2.50. The SMILES string of the molecule is O=C(O)[C@H]1C[C@@H](CP(=O)(O)O)CCN1C(=O)c1ccccc1. The summed E-state index contributed by atoms with van der Waals surface area (Å²) in [6.07, 6.45) is 0.0939. The van der Waals surface area contributed by atoms with E-state index in [1.54, 1.807) is 30.3 Å². The van der Waals surface area contributed by atoms with Crippen LogP contribution >= 0.6 is 7.60 Å². The zero-order valence-corrected chi connectivity index (χ0v) is 12.7. The third kappa shape index (κ3) is 4.16. The monoisotopic (exact) mass is 327 g/mol. The molecular weight excluding hydrogens is 309 g/mol. The number of aliphatic carboxylic acids is 1. The first-order chi connectivity index (χ1) is 10.3. The molecule has 1 aliphatic heterocycles. The highest BCUT2D eigenvalue weighted by molar-refractivity contribution is 7.51. The van der Waals surface area contributed by atoms with Crippen LogP contribution in [0.4, 0.5) is 0 Å². The van der Waals surface area contributed by atoms with Crippen LogP contribution < -0.4 is 0 Å². The second kappa shape index (κ2) is 6.60. The molecule has 2 rings (SSSR count). The van der Waals surface area contributed by atoms with Crippen molar-refractivity contribution in [2.75, 3.05) is 12.7 Å². The lowest BCUT2D eigenvalue weighted by Gasteiger charge is -2.37. The van der Waals surface area contributed by atoms with Crippen LogP contribution in [-0.2, 0) is 9.36 Å². The predicted molar refractivity (Wildman–Crippen MR) is 78.5 cm³/mol. The van der Waals surface area contributed by atoms with Gasteiger partial charge in [-0.1, -0.05) is 18.2 Å². The third-order valence-corrected chi connectivity index (χ3v) is 4.77. The molecule has 22 heavy (non-hydrogen) atoms. The molecule has 1 aromatic rings. The summed E-state index contributed by atoms with van der Waals surface area (Å²) < 4.78 is 11.1. The van der Waals surface area contributed by atoms with E-state index in [4.69, 9.17) is 9.79 Å². The van der Waals surface area contributed by atoms with Crippen molar-refractivity contribution in [1.29, 1.82) is 0 Å². The lowest BCUT2D eigenvalue weighted by atomic mass is 9.91. The van der Waals surface area contributed by atoms with E-state index in [1.165, 1.54) is 4.90 Å². The molecule has 0 unspecified atom stereocenters. The maximum Gasteiger partial charge on any atom is 0.326 e. The Morgan fingerprint density at radius 2 is 1.86 bits per heavy atom. The van der Waals surface area contributed by atoms with Crippen LogP contribution in [0.3, 0.4) is 0 Å². The fourth-order valence-electron chi connectivity index (χ4n) is 2.76. The van der Waals surface area contributed by atoms with Gasteiger partial charge in [0.05, 0.1) is 6.16 Å². The van der Waals surface area contributed by atoms with Crippen molar-refractivity contribution in [2.45, 2.75) is 18.9 Å². The second-order valence-electron chi connectivity index (χ2n) is 5.46. The van der Waals surface area contributed by atoms with E-state index < -0.39 is 25.5 Å². The van der Waals surface area contributed by atoms with Crippen molar-refractivity contribution in [3.8, 4) is 0 Å². The quantitative estimate of drug-likeness (QED) is 0.715. The standard InChI is InChI=1S/C14H18NO6P/c16-13(11-4-2-1-3-5-11)15-7-6-10(9-22(19,20)21)8-12(15)14(17)18/h1-5,10,12H,6-9H2,(H,17,18)(H2,19,20,21)/t10-,12+/m0/s1. The summed E-state index contributed by atoms with van der Waals surface area (Å²) in [6.45, 7) is 0.176. The first-order valence-corrected chi connectivity index (χ1v) is 8.71. The molecule has 0 bridgehead atoms. The Hall–Kier alpha value is -1.69. The van der Waals surface area contributed by atoms with Crippen molar-refractivity contribution in [3.63, 3.8) is 0 Å². The Bertz CT molecular complexity index is 599. The van der Waals surface area contributed by atoms with Gasteiger partial charge in [-0.25, -0.2) is 4.79 Å². The number of carboxylic acids is 1. The molecule has 1 aromatic carbocycles. The number of carboxylic acid groups (broad SMARTS) is 1. The van der Waals surface area contributed by atoms with E-state index in [-0.39, 0.29) is 25.0 Å². The molecule has 1 heterocycles. The number of carbonyl (C=O) groups excluding carboxylic acids is 1. The fourth-order valence-corrected chi connectivity index (χ4v) is 3.77. The van der Waals surface area contributed by atoms with Crippen molar-refractivity contribution in [2.24, 2.45) is 5.92 Å². The highest BCUT2D eigenvalue weighted by Gasteiger charge is 2.38. The van der Waals surface area contributed by atoms with Crippen LogP contribution in [0, 0.1) is 5.92 Å². The number of rotatable bonds is 4. The molecule has 0 radical (unpaired) electrons.